The lowest BCUT2D eigenvalue weighted by atomic mass is 10.2. The molecule has 1 atom stereocenters. The van der Waals surface area contributed by atoms with Crippen molar-refractivity contribution in [1.29, 1.82) is 0 Å². The van der Waals surface area contributed by atoms with E-state index in [1.807, 2.05) is 6.92 Å². The third kappa shape index (κ3) is 4.10. The smallest absolute Gasteiger partial charge is 0.255 e. The van der Waals surface area contributed by atoms with E-state index in [4.69, 9.17) is 11.6 Å². The lowest BCUT2D eigenvalue weighted by Crippen LogP contribution is -2.28. The number of aromatic nitrogens is 1. The van der Waals surface area contributed by atoms with Gasteiger partial charge in [-0.2, -0.15) is 0 Å². The first-order chi connectivity index (χ1) is 7.50. The van der Waals surface area contributed by atoms with Crippen LogP contribution in [0.15, 0.2) is 22.9 Å². The molecule has 0 spiro atoms. The summed E-state index contributed by atoms with van der Waals surface area (Å²) in [5.41, 5.74) is 0.583. The predicted molar refractivity (Wildman–Crippen MR) is 68.8 cm³/mol. The number of rotatable bonds is 4. The van der Waals surface area contributed by atoms with E-state index in [0.717, 1.165) is 10.9 Å². The van der Waals surface area contributed by atoms with Crippen LogP contribution in [-0.2, 0) is 0 Å². The van der Waals surface area contributed by atoms with Crippen molar-refractivity contribution in [2.24, 2.45) is 0 Å². The molecule has 0 aliphatic heterocycles. The Kier molecular flexibility index (Phi) is 5.22. The van der Waals surface area contributed by atoms with Crippen LogP contribution < -0.4 is 0 Å². The number of nitrogens with zero attached hydrogens (tertiary/aromatic N) is 2. The second-order valence-corrected chi connectivity index (χ2v) is 5.35. The van der Waals surface area contributed by atoms with Gasteiger partial charge in [-0.1, -0.05) is 0 Å². The summed E-state index contributed by atoms with van der Waals surface area (Å²) in [4.78, 5) is 17.5. The molecule has 0 aliphatic rings. The summed E-state index contributed by atoms with van der Waals surface area (Å²) < 4.78 is 0.803. The Labute approximate surface area is 109 Å². The van der Waals surface area contributed by atoms with E-state index in [2.05, 4.69) is 20.9 Å². The van der Waals surface area contributed by atoms with Crippen LogP contribution in [0.4, 0.5) is 0 Å². The molecule has 0 aliphatic carbocycles. The maximum absolute atomic E-state index is 11.9. The molecule has 1 aromatic rings. The Morgan fingerprint density at radius 3 is 2.88 bits per heavy atom. The van der Waals surface area contributed by atoms with E-state index in [1.54, 1.807) is 30.4 Å². The zero-order valence-corrected chi connectivity index (χ0v) is 11.6. The van der Waals surface area contributed by atoms with Gasteiger partial charge in [-0.3, -0.25) is 9.78 Å². The summed E-state index contributed by atoms with van der Waals surface area (Å²) >= 11 is 9.13. The normalized spacial score (nSPS) is 12.2. The molecule has 5 heteroatoms. The Hall–Kier alpha value is -0.610. The second kappa shape index (κ2) is 6.21. The molecule has 0 fully saturated rings. The minimum absolute atomic E-state index is 0.0360. The Morgan fingerprint density at radius 1 is 1.62 bits per heavy atom. The number of pyridine rings is 1. The van der Waals surface area contributed by atoms with Crippen molar-refractivity contribution in [3.63, 3.8) is 0 Å². The first-order valence-corrected chi connectivity index (χ1v) is 6.23. The largest absolute Gasteiger partial charge is 0.342 e. The van der Waals surface area contributed by atoms with Crippen LogP contribution in [0.3, 0.4) is 0 Å². The number of amides is 1. The molecule has 0 radical (unpaired) electrons. The van der Waals surface area contributed by atoms with Crippen molar-refractivity contribution in [2.45, 2.75) is 18.7 Å². The highest BCUT2D eigenvalue weighted by molar-refractivity contribution is 9.10. The average molecular weight is 306 g/mol. The van der Waals surface area contributed by atoms with Gasteiger partial charge in [-0.25, -0.2) is 0 Å². The molecule has 16 heavy (non-hydrogen) atoms. The van der Waals surface area contributed by atoms with Gasteiger partial charge < -0.3 is 4.90 Å². The van der Waals surface area contributed by atoms with E-state index in [-0.39, 0.29) is 11.3 Å². The average Bonchev–Trinajstić information content (AvgIpc) is 2.24. The van der Waals surface area contributed by atoms with Crippen molar-refractivity contribution in [1.82, 2.24) is 9.88 Å². The van der Waals surface area contributed by atoms with Crippen LogP contribution in [-0.4, -0.2) is 34.8 Å². The zero-order valence-electron chi connectivity index (χ0n) is 9.28. The first kappa shape index (κ1) is 13.5. The maximum atomic E-state index is 11.9. The van der Waals surface area contributed by atoms with Crippen molar-refractivity contribution in [2.75, 3.05) is 13.6 Å². The minimum Gasteiger partial charge on any atom is -0.342 e. The molecule has 0 bridgehead atoms. The van der Waals surface area contributed by atoms with Crippen LogP contribution in [0.1, 0.15) is 23.7 Å². The van der Waals surface area contributed by atoms with Gasteiger partial charge in [-0.15, -0.1) is 11.6 Å². The van der Waals surface area contributed by atoms with Crippen LogP contribution >= 0.6 is 27.5 Å². The van der Waals surface area contributed by atoms with Gasteiger partial charge in [0, 0.05) is 35.8 Å². The predicted octanol–water partition coefficient (Wildman–Crippen LogP) is 2.93. The molecule has 1 unspecified atom stereocenters. The maximum Gasteiger partial charge on any atom is 0.255 e. The number of alkyl halides is 1. The van der Waals surface area contributed by atoms with E-state index in [9.17, 15) is 4.79 Å². The van der Waals surface area contributed by atoms with E-state index in [1.165, 1.54) is 0 Å². The van der Waals surface area contributed by atoms with Gasteiger partial charge in [0.25, 0.3) is 5.91 Å². The number of hydrogen-bond acceptors (Lipinski definition) is 2. The monoisotopic (exact) mass is 304 g/mol. The van der Waals surface area contributed by atoms with Crippen molar-refractivity contribution in [3.05, 3.63) is 28.5 Å². The standard InChI is InChI=1S/C11H14BrClN2O/c1-8(13)3-4-15(2)11(16)9-5-10(12)7-14-6-9/h5-8H,3-4H2,1-2H3. The van der Waals surface area contributed by atoms with Gasteiger partial charge >= 0.3 is 0 Å². The Bertz CT molecular complexity index is 371. The fourth-order valence-electron chi connectivity index (χ4n) is 1.22. The summed E-state index contributed by atoms with van der Waals surface area (Å²) in [5.74, 6) is -0.0360. The Morgan fingerprint density at radius 2 is 2.31 bits per heavy atom. The molecule has 0 saturated heterocycles. The van der Waals surface area contributed by atoms with Crippen molar-refractivity contribution < 1.29 is 4.79 Å². The molecule has 1 heterocycles. The van der Waals surface area contributed by atoms with Gasteiger partial charge in [0.1, 0.15) is 0 Å². The molecular weight excluding hydrogens is 291 g/mol. The summed E-state index contributed by atoms with van der Waals surface area (Å²) in [5, 5.41) is 0.0795. The van der Waals surface area contributed by atoms with Gasteiger partial charge in [0.15, 0.2) is 0 Å². The SMILES string of the molecule is CC(Cl)CCN(C)C(=O)c1cncc(Br)c1. The van der Waals surface area contributed by atoms with Crippen LogP contribution in [0.25, 0.3) is 0 Å². The fourth-order valence-corrected chi connectivity index (χ4v) is 1.68. The van der Waals surface area contributed by atoms with E-state index in [0.29, 0.717) is 12.1 Å². The van der Waals surface area contributed by atoms with E-state index >= 15 is 0 Å². The van der Waals surface area contributed by atoms with Gasteiger partial charge in [0.2, 0.25) is 0 Å². The summed E-state index contributed by atoms with van der Waals surface area (Å²) in [6.07, 6.45) is 4.00. The molecule has 0 saturated carbocycles. The molecule has 1 amide bonds. The number of hydrogen-bond donors (Lipinski definition) is 0. The van der Waals surface area contributed by atoms with Crippen LogP contribution in [0, 0.1) is 0 Å². The molecular formula is C11H14BrClN2O. The highest BCUT2D eigenvalue weighted by Crippen LogP contribution is 2.11. The van der Waals surface area contributed by atoms with Crippen molar-refractivity contribution in [3.8, 4) is 0 Å². The van der Waals surface area contributed by atoms with Gasteiger partial charge in [0.05, 0.1) is 5.56 Å². The van der Waals surface area contributed by atoms with Crippen molar-refractivity contribution >= 4 is 33.4 Å². The summed E-state index contributed by atoms with van der Waals surface area (Å²) in [6.45, 7) is 2.57. The molecule has 1 aromatic heterocycles. The highest BCUT2D eigenvalue weighted by Gasteiger charge is 2.12. The number of carbonyl (C=O) groups excluding carboxylic acids is 1. The number of carbonyl (C=O) groups is 1. The second-order valence-electron chi connectivity index (χ2n) is 3.69. The third-order valence-electron chi connectivity index (χ3n) is 2.16. The van der Waals surface area contributed by atoms with Crippen LogP contribution in [0.2, 0.25) is 0 Å². The first-order valence-electron chi connectivity index (χ1n) is 5.01. The van der Waals surface area contributed by atoms with Gasteiger partial charge in [-0.05, 0) is 35.3 Å². The molecule has 0 aromatic carbocycles. The Balaban J connectivity index is 2.63. The van der Waals surface area contributed by atoms with Crippen LogP contribution in [0.5, 0.6) is 0 Å². The molecule has 88 valence electrons. The molecule has 0 N–H and O–H groups in total. The highest BCUT2D eigenvalue weighted by atomic mass is 79.9. The topological polar surface area (TPSA) is 33.2 Å². The lowest BCUT2D eigenvalue weighted by molar-refractivity contribution is 0.0793. The summed E-state index contributed by atoms with van der Waals surface area (Å²) in [7, 11) is 1.77. The quantitative estimate of drug-likeness (QED) is 0.801. The molecule has 1 rings (SSSR count). The summed E-state index contributed by atoms with van der Waals surface area (Å²) in [6, 6.07) is 1.76. The van der Waals surface area contributed by atoms with E-state index < -0.39 is 0 Å². The lowest BCUT2D eigenvalue weighted by Gasteiger charge is -2.17. The number of halogens is 2. The zero-order chi connectivity index (χ0) is 12.1. The molecule has 3 nitrogen and oxygen atoms in total. The fraction of sp³-hybridized carbons (Fsp3) is 0.455. The minimum atomic E-state index is -0.0360. The third-order valence-corrected chi connectivity index (χ3v) is 2.81.